The van der Waals surface area contributed by atoms with E-state index >= 15 is 0 Å². The van der Waals surface area contributed by atoms with Crippen molar-refractivity contribution in [3.8, 4) is 0 Å². The van der Waals surface area contributed by atoms with Gasteiger partial charge in [-0.3, -0.25) is 0 Å². The third kappa shape index (κ3) is 3.52. The largest absolute Gasteiger partial charge is 0.325 e. The van der Waals surface area contributed by atoms with E-state index < -0.39 is 0 Å². The molecule has 0 aromatic heterocycles. The first-order chi connectivity index (χ1) is 8.09. The van der Waals surface area contributed by atoms with Crippen molar-refractivity contribution >= 4 is 15.9 Å². The van der Waals surface area contributed by atoms with Crippen molar-refractivity contribution in [2.24, 2.45) is 5.73 Å². The first-order valence-electron chi connectivity index (χ1n) is 6.32. The van der Waals surface area contributed by atoms with Gasteiger partial charge in [-0.1, -0.05) is 41.6 Å². The van der Waals surface area contributed by atoms with Crippen molar-refractivity contribution in [1.82, 2.24) is 0 Å². The zero-order valence-electron chi connectivity index (χ0n) is 10.0. The third-order valence-corrected chi connectivity index (χ3v) is 4.42. The molecule has 0 unspecified atom stereocenters. The molecular formula is C14H19BrFN. The second kappa shape index (κ2) is 5.49. The van der Waals surface area contributed by atoms with E-state index in [1.165, 1.54) is 31.7 Å². The van der Waals surface area contributed by atoms with Gasteiger partial charge >= 0.3 is 0 Å². The molecular weight excluding hydrogens is 281 g/mol. The highest BCUT2D eigenvalue weighted by molar-refractivity contribution is 9.10. The summed E-state index contributed by atoms with van der Waals surface area (Å²) in [6.45, 7) is 0. The van der Waals surface area contributed by atoms with Gasteiger partial charge in [-0.15, -0.1) is 0 Å². The van der Waals surface area contributed by atoms with Crippen LogP contribution in [0.4, 0.5) is 4.39 Å². The Balaban J connectivity index is 2.15. The highest BCUT2D eigenvalue weighted by Crippen LogP contribution is 2.30. The number of hydrogen-bond donors (Lipinski definition) is 1. The molecule has 0 bridgehead atoms. The Kier molecular flexibility index (Phi) is 4.21. The molecule has 17 heavy (non-hydrogen) atoms. The highest BCUT2D eigenvalue weighted by Gasteiger charge is 2.27. The summed E-state index contributed by atoms with van der Waals surface area (Å²) in [5.74, 6) is -0.180. The molecule has 1 nitrogen and oxygen atoms in total. The van der Waals surface area contributed by atoms with Crippen molar-refractivity contribution in [2.45, 2.75) is 50.5 Å². The van der Waals surface area contributed by atoms with E-state index in [2.05, 4.69) is 15.9 Å². The lowest BCUT2D eigenvalue weighted by atomic mass is 9.85. The van der Waals surface area contributed by atoms with Gasteiger partial charge in [0.25, 0.3) is 0 Å². The fraction of sp³-hybridized carbons (Fsp3) is 0.571. The Morgan fingerprint density at radius 1 is 1.18 bits per heavy atom. The van der Waals surface area contributed by atoms with Crippen LogP contribution in [-0.4, -0.2) is 5.54 Å². The second-order valence-corrected chi connectivity index (χ2v) is 6.04. The zero-order chi connectivity index (χ0) is 12.3. The van der Waals surface area contributed by atoms with Crippen molar-refractivity contribution < 1.29 is 4.39 Å². The smallest absolute Gasteiger partial charge is 0.123 e. The Morgan fingerprint density at radius 3 is 2.47 bits per heavy atom. The van der Waals surface area contributed by atoms with E-state index in [4.69, 9.17) is 5.73 Å². The van der Waals surface area contributed by atoms with Crippen molar-refractivity contribution in [3.05, 3.63) is 34.1 Å². The number of hydrogen-bond acceptors (Lipinski definition) is 1. The van der Waals surface area contributed by atoms with Crippen molar-refractivity contribution in [1.29, 1.82) is 0 Å². The number of rotatable bonds is 2. The lowest BCUT2D eigenvalue weighted by molar-refractivity contribution is 0.368. The molecule has 0 spiro atoms. The standard InChI is InChI=1S/C14H19BrFN/c15-13-6-5-12(16)9-11(13)10-14(17)7-3-1-2-4-8-14/h5-6,9H,1-4,7-8,10,17H2. The predicted molar refractivity (Wildman–Crippen MR) is 72.4 cm³/mol. The van der Waals surface area contributed by atoms with Crippen LogP contribution in [0.2, 0.25) is 0 Å². The Hall–Kier alpha value is -0.410. The van der Waals surface area contributed by atoms with Gasteiger partial charge in [-0.25, -0.2) is 4.39 Å². The summed E-state index contributed by atoms with van der Waals surface area (Å²) in [7, 11) is 0. The Bertz CT molecular complexity index is 384. The van der Waals surface area contributed by atoms with E-state index in [-0.39, 0.29) is 11.4 Å². The topological polar surface area (TPSA) is 26.0 Å². The minimum Gasteiger partial charge on any atom is -0.325 e. The summed E-state index contributed by atoms with van der Waals surface area (Å²) in [4.78, 5) is 0. The van der Waals surface area contributed by atoms with Gasteiger partial charge in [0.05, 0.1) is 0 Å². The fourth-order valence-corrected chi connectivity index (χ4v) is 3.05. The molecule has 2 rings (SSSR count). The van der Waals surface area contributed by atoms with Gasteiger partial charge < -0.3 is 5.73 Å². The van der Waals surface area contributed by atoms with Crippen LogP contribution >= 0.6 is 15.9 Å². The molecule has 1 aliphatic rings. The van der Waals surface area contributed by atoms with Gasteiger partial charge in [0.1, 0.15) is 5.82 Å². The Labute approximate surface area is 111 Å². The molecule has 0 amide bonds. The van der Waals surface area contributed by atoms with Crippen LogP contribution in [0.5, 0.6) is 0 Å². The monoisotopic (exact) mass is 299 g/mol. The van der Waals surface area contributed by atoms with E-state index in [1.807, 2.05) is 0 Å². The SMILES string of the molecule is NC1(Cc2cc(F)ccc2Br)CCCCCC1. The summed E-state index contributed by atoms with van der Waals surface area (Å²) in [5, 5.41) is 0. The molecule has 1 aromatic carbocycles. The lowest BCUT2D eigenvalue weighted by Crippen LogP contribution is -2.41. The van der Waals surface area contributed by atoms with Gasteiger partial charge in [0.2, 0.25) is 0 Å². The highest BCUT2D eigenvalue weighted by atomic mass is 79.9. The quantitative estimate of drug-likeness (QED) is 0.815. The molecule has 3 heteroatoms. The summed E-state index contributed by atoms with van der Waals surface area (Å²) in [6, 6.07) is 4.85. The molecule has 94 valence electrons. The first kappa shape index (κ1) is 13.0. The number of nitrogens with two attached hydrogens (primary N) is 1. The second-order valence-electron chi connectivity index (χ2n) is 5.19. The van der Waals surface area contributed by atoms with Crippen LogP contribution in [0.1, 0.15) is 44.1 Å². The van der Waals surface area contributed by atoms with Crippen LogP contribution in [0.25, 0.3) is 0 Å². The van der Waals surface area contributed by atoms with Crippen LogP contribution in [-0.2, 0) is 6.42 Å². The molecule has 0 saturated heterocycles. The molecule has 1 aromatic rings. The summed E-state index contributed by atoms with van der Waals surface area (Å²) in [6.07, 6.45) is 7.83. The maximum atomic E-state index is 13.2. The number of benzene rings is 1. The Morgan fingerprint density at radius 2 is 1.82 bits per heavy atom. The predicted octanol–water partition coefficient (Wildman–Crippen LogP) is 4.18. The normalized spacial score (nSPS) is 19.9. The number of halogens is 2. The maximum absolute atomic E-state index is 13.2. The lowest BCUT2D eigenvalue weighted by Gasteiger charge is -2.28. The van der Waals surface area contributed by atoms with E-state index in [1.54, 1.807) is 12.1 Å². The van der Waals surface area contributed by atoms with Gasteiger partial charge in [0.15, 0.2) is 0 Å². The summed E-state index contributed by atoms with van der Waals surface area (Å²) < 4.78 is 14.2. The average Bonchev–Trinajstić information content (AvgIpc) is 2.49. The molecule has 0 heterocycles. The molecule has 2 N–H and O–H groups in total. The molecule has 0 atom stereocenters. The van der Waals surface area contributed by atoms with Crippen LogP contribution in [0.3, 0.4) is 0 Å². The first-order valence-corrected chi connectivity index (χ1v) is 7.11. The average molecular weight is 300 g/mol. The van der Waals surface area contributed by atoms with Gasteiger partial charge in [-0.2, -0.15) is 0 Å². The third-order valence-electron chi connectivity index (χ3n) is 3.65. The van der Waals surface area contributed by atoms with Crippen LogP contribution < -0.4 is 5.73 Å². The van der Waals surface area contributed by atoms with Crippen LogP contribution in [0.15, 0.2) is 22.7 Å². The fourth-order valence-electron chi connectivity index (χ4n) is 2.67. The minimum atomic E-state index is -0.180. The summed E-state index contributed by atoms with van der Waals surface area (Å²) in [5.41, 5.74) is 7.32. The maximum Gasteiger partial charge on any atom is 0.123 e. The minimum absolute atomic E-state index is 0.146. The van der Waals surface area contributed by atoms with E-state index in [0.717, 1.165) is 29.3 Å². The summed E-state index contributed by atoms with van der Waals surface area (Å²) >= 11 is 3.48. The van der Waals surface area contributed by atoms with Gasteiger partial charge in [0, 0.05) is 10.0 Å². The zero-order valence-corrected chi connectivity index (χ0v) is 11.6. The van der Waals surface area contributed by atoms with Crippen molar-refractivity contribution in [2.75, 3.05) is 0 Å². The van der Waals surface area contributed by atoms with Crippen LogP contribution in [0, 0.1) is 5.82 Å². The molecule has 1 saturated carbocycles. The molecule has 1 aliphatic carbocycles. The molecule has 1 fully saturated rings. The van der Waals surface area contributed by atoms with E-state index in [9.17, 15) is 4.39 Å². The van der Waals surface area contributed by atoms with Crippen molar-refractivity contribution in [3.63, 3.8) is 0 Å². The molecule has 0 radical (unpaired) electrons. The van der Waals surface area contributed by atoms with E-state index in [0.29, 0.717) is 0 Å². The molecule has 0 aliphatic heterocycles. The van der Waals surface area contributed by atoms with Gasteiger partial charge in [-0.05, 0) is 43.0 Å².